The van der Waals surface area contributed by atoms with E-state index in [1.807, 2.05) is 0 Å². The average Bonchev–Trinajstić information content (AvgIpc) is 1.36. The summed E-state index contributed by atoms with van der Waals surface area (Å²) in [6.07, 6.45) is 0. The summed E-state index contributed by atoms with van der Waals surface area (Å²) in [7, 11) is -4.61. The monoisotopic (exact) mass is 170 g/mol. The molecule has 0 fully saturated rings. The second-order valence-electron chi connectivity index (χ2n) is 0.600. The molecule has 0 radical (unpaired) electrons. The zero-order valence-electron chi connectivity index (χ0n) is 3.01. The molecule has 0 aliphatic carbocycles. The van der Waals surface area contributed by atoms with E-state index in [4.69, 9.17) is 23.1 Å². The van der Waals surface area contributed by atoms with E-state index in [0.717, 1.165) is 0 Å². The molecule has 0 bridgehead atoms. The van der Waals surface area contributed by atoms with E-state index >= 15 is 0 Å². The Morgan fingerprint density at radius 1 is 1.00 bits per heavy atom. The molecule has 0 saturated heterocycles. The van der Waals surface area contributed by atoms with Crippen molar-refractivity contribution in [2.75, 3.05) is 0 Å². The van der Waals surface area contributed by atoms with Gasteiger partial charge in [-0.2, -0.15) is 0 Å². The summed E-state index contributed by atoms with van der Waals surface area (Å²) in [5, 5.41) is 0. The molecule has 0 aromatic rings. The molecule has 5 nitrogen and oxygen atoms in total. The molecule has 7 heavy (non-hydrogen) atoms. The van der Waals surface area contributed by atoms with Crippen LogP contribution in [0, 0.1) is 0 Å². The zero-order chi connectivity index (χ0) is 6.50. The molecule has 0 aromatic heterocycles. The van der Waals surface area contributed by atoms with Gasteiger partial charge >= 0.3 is 28.3 Å². The normalized spacial score (nSPS) is 9.43. The van der Waals surface area contributed by atoms with Gasteiger partial charge in [-0.3, -0.25) is 0 Å². The Morgan fingerprint density at radius 3 is 1.00 bits per heavy atom. The van der Waals surface area contributed by atoms with E-state index < -0.39 is 9.05 Å². The van der Waals surface area contributed by atoms with Gasteiger partial charge in [-0.15, -0.1) is 0 Å². The number of rotatable bonds is 0. The van der Waals surface area contributed by atoms with Crippen molar-refractivity contribution in [3.8, 4) is 0 Å². The fourth-order valence-electron chi connectivity index (χ4n) is 0. The molecule has 0 amide bonds. The molecule has 0 aromatic carbocycles. The van der Waals surface area contributed by atoms with Crippen LogP contribution >= 0.6 is 0 Å². The molecule has 0 saturated carbocycles. The Kier molecular flexibility index (Phi) is 6.67. The van der Waals surface area contributed by atoms with Crippen LogP contribution in [0.15, 0.2) is 0 Å². The first-order chi connectivity index (χ1) is 3.00. The van der Waals surface area contributed by atoms with Gasteiger partial charge in [0, 0.05) is 0 Å². The van der Waals surface area contributed by atoms with Crippen molar-refractivity contribution in [1.29, 1.82) is 0 Å². The fraction of sp³-hybridized carbons (Fsp3) is 0. The van der Waals surface area contributed by atoms with Gasteiger partial charge in [0.2, 0.25) is 0 Å². The molecular formula is H4NiO5Si. The van der Waals surface area contributed by atoms with E-state index in [-0.39, 0.29) is 0 Å². The van der Waals surface area contributed by atoms with Crippen molar-refractivity contribution in [2.45, 2.75) is 0 Å². The predicted octanol–water partition coefficient (Wildman–Crippen LogP) is -2.73. The second kappa shape index (κ2) is 4.51. The first-order valence-corrected chi connectivity index (χ1v) is 3.22. The zero-order valence-corrected chi connectivity index (χ0v) is 5.00. The Hall–Kier alpha value is 0.350. The summed E-state index contributed by atoms with van der Waals surface area (Å²) < 4.78 is 7.88. The summed E-state index contributed by atoms with van der Waals surface area (Å²) in [6.45, 7) is 0. The van der Waals surface area contributed by atoms with Crippen LogP contribution in [0.25, 0.3) is 0 Å². The average molecular weight is 171 g/mol. The second-order valence-corrected chi connectivity index (χ2v) is 1.80. The number of hydrogen-bond acceptors (Lipinski definition) is 5. The maximum atomic E-state index is 7.88. The third-order valence-electron chi connectivity index (χ3n) is 0. The van der Waals surface area contributed by atoms with Gasteiger partial charge in [-0.05, 0) is 0 Å². The minimum atomic E-state index is -4.61. The van der Waals surface area contributed by atoms with Crippen LogP contribution in [0.4, 0.5) is 0 Å². The summed E-state index contributed by atoms with van der Waals surface area (Å²) in [5.74, 6) is 0. The van der Waals surface area contributed by atoms with Crippen molar-refractivity contribution < 1.29 is 38.5 Å². The molecule has 0 spiro atoms. The summed E-state index contributed by atoms with van der Waals surface area (Å²) in [6, 6.07) is 0. The van der Waals surface area contributed by atoms with Crippen LogP contribution in [0.5, 0.6) is 0 Å². The third kappa shape index (κ3) is 979. The van der Waals surface area contributed by atoms with Gasteiger partial charge in [0.15, 0.2) is 0 Å². The van der Waals surface area contributed by atoms with Gasteiger partial charge in [0.1, 0.15) is 0 Å². The maximum absolute atomic E-state index is 7.88. The van der Waals surface area contributed by atoms with E-state index in [2.05, 4.69) is 15.4 Å². The summed E-state index contributed by atoms with van der Waals surface area (Å²) in [5.41, 5.74) is 0. The first kappa shape index (κ1) is 10.4. The Labute approximate surface area is 48.3 Å². The van der Waals surface area contributed by atoms with Crippen molar-refractivity contribution in [3.05, 3.63) is 0 Å². The van der Waals surface area contributed by atoms with Gasteiger partial charge < -0.3 is 19.2 Å². The predicted molar refractivity (Wildman–Crippen MR) is 15.3 cm³/mol. The molecule has 0 atom stereocenters. The molecule has 0 heterocycles. The van der Waals surface area contributed by atoms with E-state index in [9.17, 15) is 0 Å². The third-order valence-corrected chi connectivity index (χ3v) is 0. The molecule has 0 rings (SSSR count). The van der Waals surface area contributed by atoms with Crippen LogP contribution in [0.3, 0.4) is 0 Å². The standard InChI is InChI=1S/Ni.H4O4Si.O/c;1-5(2,3)4;/h;1-4H;. The van der Waals surface area contributed by atoms with Gasteiger partial charge in [-0.25, -0.2) is 0 Å². The van der Waals surface area contributed by atoms with Crippen molar-refractivity contribution >= 4 is 9.05 Å². The van der Waals surface area contributed by atoms with Gasteiger partial charge in [0.05, 0.1) is 0 Å². The van der Waals surface area contributed by atoms with E-state index in [1.54, 1.807) is 0 Å². The van der Waals surface area contributed by atoms with Crippen molar-refractivity contribution in [2.24, 2.45) is 0 Å². The summed E-state index contributed by atoms with van der Waals surface area (Å²) in [4.78, 5) is 29.3. The van der Waals surface area contributed by atoms with Gasteiger partial charge in [-0.1, -0.05) is 0 Å². The summed E-state index contributed by atoms with van der Waals surface area (Å²) >= 11 is 2.62. The van der Waals surface area contributed by atoms with Gasteiger partial charge in [0.25, 0.3) is 0 Å². The molecule has 0 unspecified atom stereocenters. The molecular weight excluding hydrogens is 167 g/mol. The van der Waals surface area contributed by atoms with Crippen LogP contribution in [0.1, 0.15) is 0 Å². The van der Waals surface area contributed by atoms with E-state index in [1.165, 1.54) is 0 Å². The van der Waals surface area contributed by atoms with Crippen LogP contribution in [-0.2, 0) is 19.3 Å². The fourth-order valence-corrected chi connectivity index (χ4v) is 0. The van der Waals surface area contributed by atoms with Crippen molar-refractivity contribution in [1.82, 2.24) is 0 Å². The molecule has 4 N–H and O–H groups in total. The van der Waals surface area contributed by atoms with Crippen LogP contribution in [-0.4, -0.2) is 28.2 Å². The topological polar surface area (TPSA) is 98.0 Å². The molecule has 48 valence electrons. The minimum absolute atomic E-state index is 2.62. The Morgan fingerprint density at radius 2 is 1.00 bits per heavy atom. The first-order valence-electron chi connectivity index (χ1n) is 1.02. The Balaban J connectivity index is 0. The number of hydrogen-bond donors (Lipinski definition) is 4. The molecule has 0 aliphatic heterocycles. The van der Waals surface area contributed by atoms with E-state index in [0.29, 0.717) is 0 Å². The quantitative estimate of drug-likeness (QED) is 0.296. The SMILES string of the molecule is O[Si](O)(O)O.[O]=[Ni]. The van der Waals surface area contributed by atoms with Crippen LogP contribution in [0.2, 0.25) is 0 Å². The Bertz CT molecular complexity index is 31.8. The van der Waals surface area contributed by atoms with Crippen molar-refractivity contribution in [3.63, 3.8) is 0 Å². The molecule has 0 aliphatic rings. The molecule has 7 heteroatoms. The van der Waals surface area contributed by atoms with Crippen LogP contribution < -0.4 is 0 Å².